The molecule has 0 aliphatic rings. The zero-order valence-corrected chi connectivity index (χ0v) is 11.5. The lowest BCUT2D eigenvalue weighted by molar-refractivity contribution is 0.190. The van der Waals surface area contributed by atoms with Gasteiger partial charge in [0.25, 0.3) is 0 Å². The average Bonchev–Trinajstić information content (AvgIpc) is 2.86. The molecule has 1 atom stereocenters. The summed E-state index contributed by atoms with van der Waals surface area (Å²) in [6.45, 7) is 2.67. The van der Waals surface area contributed by atoms with Crippen LogP contribution in [0.2, 0.25) is 0 Å². The van der Waals surface area contributed by atoms with Crippen LogP contribution in [0.25, 0.3) is 5.69 Å². The topological polar surface area (TPSA) is 48.3 Å². The zero-order chi connectivity index (χ0) is 13.7. The molecular weight excluding hydrogens is 242 g/mol. The Bertz CT molecular complexity index is 525. The van der Waals surface area contributed by atoms with Gasteiger partial charge in [0, 0.05) is 25.5 Å². The number of rotatable bonds is 6. The molecule has 1 unspecified atom stereocenters. The highest BCUT2D eigenvalue weighted by molar-refractivity contribution is 5.51. The summed E-state index contributed by atoms with van der Waals surface area (Å²) in [5.41, 5.74) is 0.953. The normalized spacial score (nSPS) is 12.2. The Morgan fingerprint density at radius 1 is 1.32 bits per heavy atom. The van der Waals surface area contributed by atoms with Crippen molar-refractivity contribution >= 4 is 5.95 Å². The van der Waals surface area contributed by atoms with E-state index in [0.29, 0.717) is 6.61 Å². The Kier molecular flexibility index (Phi) is 4.41. The van der Waals surface area contributed by atoms with Gasteiger partial charge >= 0.3 is 0 Å². The molecule has 5 heteroatoms. The molecule has 5 nitrogen and oxygen atoms in total. The lowest BCUT2D eigenvalue weighted by Crippen LogP contribution is -2.22. The summed E-state index contributed by atoms with van der Waals surface area (Å²) in [7, 11) is 3.35. The molecule has 1 aromatic heterocycles. The molecule has 0 aliphatic heterocycles. The SMILES string of the molecule is COCC(C)Nc1nccn1-c1ccccc1OC. The van der Waals surface area contributed by atoms with Crippen molar-refractivity contribution in [2.45, 2.75) is 13.0 Å². The lowest BCUT2D eigenvalue weighted by Gasteiger charge is -2.16. The van der Waals surface area contributed by atoms with Gasteiger partial charge in [-0.1, -0.05) is 12.1 Å². The molecule has 102 valence electrons. The molecule has 1 aromatic carbocycles. The molecule has 0 fully saturated rings. The Hall–Kier alpha value is -2.01. The van der Waals surface area contributed by atoms with Crippen LogP contribution < -0.4 is 10.1 Å². The van der Waals surface area contributed by atoms with Crippen LogP contribution in [-0.4, -0.2) is 36.4 Å². The molecule has 0 amide bonds. The third-order valence-electron chi connectivity index (χ3n) is 2.78. The smallest absolute Gasteiger partial charge is 0.207 e. The van der Waals surface area contributed by atoms with E-state index in [1.54, 1.807) is 20.4 Å². The Balaban J connectivity index is 2.28. The summed E-state index contributed by atoms with van der Waals surface area (Å²) in [5.74, 6) is 1.58. The fraction of sp³-hybridized carbons (Fsp3) is 0.357. The van der Waals surface area contributed by atoms with Crippen LogP contribution in [0.5, 0.6) is 5.75 Å². The van der Waals surface area contributed by atoms with Crippen molar-refractivity contribution in [3.05, 3.63) is 36.7 Å². The van der Waals surface area contributed by atoms with E-state index in [4.69, 9.17) is 9.47 Å². The van der Waals surface area contributed by atoms with E-state index in [-0.39, 0.29) is 6.04 Å². The predicted octanol–water partition coefficient (Wildman–Crippen LogP) is 2.33. The molecule has 0 bridgehead atoms. The summed E-state index contributed by atoms with van der Waals surface area (Å²) < 4.78 is 12.5. The maximum absolute atomic E-state index is 5.38. The van der Waals surface area contributed by atoms with Gasteiger partial charge < -0.3 is 14.8 Å². The minimum atomic E-state index is 0.181. The van der Waals surface area contributed by atoms with Crippen molar-refractivity contribution in [2.24, 2.45) is 0 Å². The lowest BCUT2D eigenvalue weighted by atomic mass is 10.3. The van der Waals surface area contributed by atoms with Gasteiger partial charge in [0.2, 0.25) is 5.95 Å². The summed E-state index contributed by atoms with van der Waals surface area (Å²) in [5, 5.41) is 3.31. The van der Waals surface area contributed by atoms with Gasteiger partial charge in [0.05, 0.1) is 19.4 Å². The molecule has 0 saturated carbocycles. The number of ether oxygens (including phenoxy) is 2. The number of nitrogens with zero attached hydrogens (tertiary/aromatic N) is 2. The third kappa shape index (κ3) is 3.06. The minimum absolute atomic E-state index is 0.181. The van der Waals surface area contributed by atoms with E-state index in [1.807, 2.05) is 42.0 Å². The highest BCUT2D eigenvalue weighted by Gasteiger charge is 2.11. The number of hydrogen-bond donors (Lipinski definition) is 1. The van der Waals surface area contributed by atoms with Gasteiger partial charge in [-0.25, -0.2) is 4.98 Å². The fourth-order valence-electron chi connectivity index (χ4n) is 1.95. The highest BCUT2D eigenvalue weighted by atomic mass is 16.5. The van der Waals surface area contributed by atoms with Crippen LogP contribution in [0, 0.1) is 0 Å². The van der Waals surface area contributed by atoms with Crippen molar-refractivity contribution in [2.75, 3.05) is 26.1 Å². The number of nitrogens with one attached hydrogen (secondary N) is 1. The number of imidazole rings is 1. The quantitative estimate of drug-likeness (QED) is 0.867. The second kappa shape index (κ2) is 6.24. The number of hydrogen-bond acceptors (Lipinski definition) is 4. The summed E-state index contributed by atoms with van der Waals surface area (Å²) >= 11 is 0. The predicted molar refractivity (Wildman–Crippen MR) is 75.1 cm³/mol. The number of benzene rings is 1. The largest absolute Gasteiger partial charge is 0.495 e. The monoisotopic (exact) mass is 261 g/mol. The Morgan fingerprint density at radius 3 is 2.84 bits per heavy atom. The first-order valence-corrected chi connectivity index (χ1v) is 6.18. The molecule has 1 N–H and O–H groups in total. The number of para-hydroxylation sites is 2. The number of anilines is 1. The van der Waals surface area contributed by atoms with Crippen LogP contribution in [0.1, 0.15) is 6.92 Å². The average molecular weight is 261 g/mol. The first kappa shape index (κ1) is 13.4. The highest BCUT2D eigenvalue weighted by Crippen LogP contribution is 2.25. The van der Waals surface area contributed by atoms with Gasteiger partial charge in [0.15, 0.2) is 0 Å². The Morgan fingerprint density at radius 2 is 2.11 bits per heavy atom. The summed E-state index contributed by atoms with van der Waals surface area (Å²) in [4.78, 5) is 4.33. The van der Waals surface area contributed by atoms with Crippen LogP contribution in [0.4, 0.5) is 5.95 Å². The van der Waals surface area contributed by atoms with Crippen molar-refractivity contribution in [3.8, 4) is 11.4 Å². The van der Waals surface area contributed by atoms with Crippen molar-refractivity contribution in [1.82, 2.24) is 9.55 Å². The molecule has 0 radical (unpaired) electrons. The number of methoxy groups -OCH3 is 2. The van der Waals surface area contributed by atoms with E-state index in [0.717, 1.165) is 17.4 Å². The second-order valence-corrected chi connectivity index (χ2v) is 4.29. The third-order valence-corrected chi connectivity index (χ3v) is 2.78. The number of aromatic nitrogens is 2. The molecule has 0 saturated heterocycles. The summed E-state index contributed by atoms with van der Waals surface area (Å²) in [6, 6.07) is 8.02. The molecule has 0 aliphatic carbocycles. The zero-order valence-electron chi connectivity index (χ0n) is 11.5. The van der Waals surface area contributed by atoms with Crippen LogP contribution >= 0.6 is 0 Å². The maximum Gasteiger partial charge on any atom is 0.207 e. The van der Waals surface area contributed by atoms with Crippen LogP contribution in [0.15, 0.2) is 36.7 Å². The van der Waals surface area contributed by atoms with E-state index in [2.05, 4.69) is 10.3 Å². The van der Waals surface area contributed by atoms with Gasteiger partial charge in [-0.05, 0) is 19.1 Å². The van der Waals surface area contributed by atoms with E-state index in [1.165, 1.54) is 0 Å². The van der Waals surface area contributed by atoms with Gasteiger partial charge in [-0.2, -0.15) is 0 Å². The second-order valence-electron chi connectivity index (χ2n) is 4.29. The Labute approximate surface area is 113 Å². The van der Waals surface area contributed by atoms with Gasteiger partial charge in [0.1, 0.15) is 5.75 Å². The molecule has 19 heavy (non-hydrogen) atoms. The van der Waals surface area contributed by atoms with Gasteiger partial charge in [-0.3, -0.25) is 4.57 Å². The first-order valence-electron chi connectivity index (χ1n) is 6.18. The molecule has 1 heterocycles. The first-order chi connectivity index (χ1) is 9.26. The standard InChI is InChI=1S/C14H19N3O2/c1-11(10-18-2)16-14-15-8-9-17(14)12-6-4-5-7-13(12)19-3/h4-9,11H,10H2,1-3H3,(H,15,16). The van der Waals surface area contributed by atoms with Gasteiger partial charge in [-0.15, -0.1) is 0 Å². The van der Waals surface area contributed by atoms with Crippen LogP contribution in [0.3, 0.4) is 0 Å². The van der Waals surface area contributed by atoms with Crippen molar-refractivity contribution in [3.63, 3.8) is 0 Å². The minimum Gasteiger partial charge on any atom is -0.495 e. The fourth-order valence-corrected chi connectivity index (χ4v) is 1.95. The van der Waals surface area contributed by atoms with E-state index in [9.17, 15) is 0 Å². The van der Waals surface area contributed by atoms with Crippen LogP contribution in [-0.2, 0) is 4.74 Å². The molecule has 2 rings (SSSR count). The molecule has 2 aromatic rings. The molecular formula is C14H19N3O2. The van der Waals surface area contributed by atoms with Crippen molar-refractivity contribution in [1.29, 1.82) is 0 Å². The molecule has 0 spiro atoms. The van der Waals surface area contributed by atoms with E-state index >= 15 is 0 Å². The summed E-state index contributed by atoms with van der Waals surface area (Å²) in [6.07, 6.45) is 3.66. The van der Waals surface area contributed by atoms with E-state index < -0.39 is 0 Å². The maximum atomic E-state index is 5.38. The van der Waals surface area contributed by atoms with Crippen molar-refractivity contribution < 1.29 is 9.47 Å².